The Kier molecular flexibility index (Phi) is 2.44. The molecule has 0 aromatic heterocycles. The molecule has 1 heterocycles. The molecule has 1 aromatic rings. The summed E-state index contributed by atoms with van der Waals surface area (Å²) < 4.78 is 5.24. The van der Waals surface area contributed by atoms with Crippen LogP contribution in [0.15, 0.2) is 28.7 Å². The van der Waals surface area contributed by atoms with Gasteiger partial charge >= 0.3 is 11.9 Å². The molecule has 0 fully saturated rings. The number of cyclic esters (lactones) is 2. The van der Waals surface area contributed by atoms with Gasteiger partial charge in [0.25, 0.3) is 0 Å². The van der Waals surface area contributed by atoms with E-state index in [4.69, 9.17) is 0 Å². The number of benzene rings is 1. The molecule has 15 heavy (non-hydrogen) atoms. The van der Waals surface area contributed by atoms with Gasteiger partial charge in [0.1, 0.15) is 0 Å². The Morgan fingerprint density at radius 2 is 2.00 bits per heavy atom. The van der Waals surface area contributed by atoms with Crippen LogP contribution in [0.25, 0.3) is 5.57 Å². The quantitative estimate of drug-likeness (QED) is 0.578. The third-order valence-electron chi connectivity index (χ3n) is 2.16. The van der Waals surface area contributed by atoms with Gasteiger partial charge in [-0.3, -0.25) is 0 Å². The molecule has 76 valence electrons. The van der Waals surface area contributed by atoms with Crippen LogP contribution in [0, 0.1) is 6.92 Å². The van der Waals surface area contributed by atoms with E-state index in [1.54, 1.807) is 6.07 Å². The maximum atomic E-state index is 11.3. The van der Waals surface area contributed by atoms with Crippen molar-refractivity contribution in [1.29, 1.82) is 0 Å². The third-order valence-corrected chi connectivity index (χ3v) is 3.21. The maximum Gasteiger partial charge on any atom is 0.346 e. The summed E-state index contributed by atoms with van der Waals surface area (Å²) in [5.74, 6) is -1.20. The second kappa shape index (κ2) is 3.62. The molecule has 0 spiro atoms. The van der Waals surface area contributed by atoms with Gasteiger partial charge in [-0.25, -0.2) is 9.59 Å². The molecule has 4 heteroatoms. The van der Waals surface area contributed by atoms with E-state index in [0.29, 0.717) is 11.1 Å². The van der Waals surface area contributed by atoms with Crippen LogP contribution in [0.2, 0.25) is 0 Å². The van der Waals surface area contributed by atoms with Crippen molar-refractivity contribution in [2.24, 2.45) is 0 Å². The highest BCUT2D eigenvalue weighted by Crippen LogP contribution is 2.30. The van der Waals surface area contributed by atoms with E-state index in [2.05, 4.69) is 20.7 Å². The monoisotopic (exact) mass is 266 g/mol. The normalized spacial score (nSPS) is 15.2. The van der Waals surface area contributed by atoms with Gasteiger partial charge in [-0.05, 0) is 28.4 Å². The molecule has 0 atom stereocenters. The topological polar surface area (TPSA) is 43.4 Å². The highest BCUT2D eigenvalue weighted by Gasteiger charge is 2.26. The SMILES string of the molecule is Cc1cccc(C2=CC(=O)OC2=O)c1Br. The Balaban J connectivity index is 2.56. The van der Waals surface area contributed by atoms with Gasteiger partial charge in [0.15, 0.2) is 0 Å². The summed E-state index contributed by atoms with van der Waals surface area (Å²) >= 11 is 3.38. The lowest BCUT2D eigenvalue weighted by Gasteiger charge is -2.05. The zero-order valence-corrected chi connectivity index (χ0v) is 9.50. The van der Waals surface area contributed by atoms with Gasteiger partial charge in [0, 0.05) is 16.1 Å². The summed E-state index contributed by atoms with van der Waals surface area (Å²) in [4.78, 5) is 22.2. The Hall–Kier alpha value is -1.42. The average molecular weight is 267 g/mol. The molecular weight excluding hydrogens is 260 g/mol. The summed E-state index contributed by atoms with van der Waals surface area (Å²) in [7, 11) is 0. The molecular formula is C11H7BrO3. The number of halogens is 1. The molecule has 0 radical (unpaired) electrons. The van der Waals surface area contributed by atoms with Gasteiger partial charge < -0.3 is 4.74 Å². The van der Waals surface area contributed by atoms with Crippen molar-refractivity contribution in [2.75, 3.05) is 0 Å². The largest absolute Gasteiger partial charge is 0.386 e. The Morgan fingerprint density at radius 1 is 1.27 bits per heavy atom. The average Bonchev–Trinajstić information content (AvgIpc) is 2.50. The minimum Gasteiger partial charge on any atom is -0.386 e. The van der Waals surface area contributed by atoms with Crippen LogP contribution in [-0.2, 0) is 14.3 Å². The first-order valence-electron chi connectivity index (χ1n) is 4.33. The molecule has 1 aliphatic heterocycles. The van der Waals surface area contributed by atoms with Crippen LogP contribution >= 0.6 is 15.9 Å². The predicted octanol–water partition coefficient (Wildman–Crippen LogP) is 2.22. The van der Waals surface area contributed by atoms with Crippen molar-refractivity contribution in [3.05, 3.63) is 39.9 Å². The van der Waals surface area contributed by atoms with Gasteiger partial charge in [0.05, 0.1) is 5.57 Å². The van der Waals surface area contributed by atoms with E-state index >= 15 is 0 Å². The lowest BCUT2D eigenvalue weighted by molar-refractivity contribution is -0.149. The highest BCUT2D eigenvalue weighted by atomic mass is 79.9. The molecule has 0 unspecified atom stereocenters. The van der Waals surface area contributed by atoms with Gasteiger partial charge in [-0.1, -0.05) is 18.2 Å². The second-order valence-corrected chi connectivity index (χ2v) is 4.00. The zero-order valence-electron chi connectivity index (χ0n) is 7.91. The van der Waals surface area contributed by atoms with Crippen LogP contribution < -0.4 is 0 Å². The maximum absolute atomic E-state index is 11.3. The van der Waals surface area contributed by atoms with Gasteiger partial charge in [0.2, 0.25) is 0 Å². The van der Waals surface area contributed by atoms with Crippen LogP contribution in [0.5, 0.6) is 0 Å². The van der Waals surface area contributed by atoms with Crippen LogP contribution in [0.4, 0.5) is 0 Å². The van der Waals surface area contributed by atoms with Gasteiger partial charge in [-0.2, -0.15) is 0 Å². The van der Waals surface area contributed by atoms with Crippen molar-refractivity contribution < 1.29 is 14.3 Å². The molecule has 0 saturated heterocycles. The molecule has 0 amide bonds. The first-order valence-corrected chi connectivity index (χ1v) is 5.12. The standard InChI is InChI=1S/C11H7BrO3/c1-6-3-2-4-7(10(6)12)8-5-9(13)15-11(8)14/h2-5H,1H3. The number of rotatable bonds is 1. The first kappa shape index (κ1) is 10.1. The first-order chi connectivity index (χ1) is 7.09. The number of esters is 2. The molecule has 0 bridgehead atoms. The summed E-state index contributed by atoms with van der Waals surface area (Å²) in [5.41, 5.74) is 1.99. The van der Waals surface area contributed by atoms with E-state index < -0.39 is 11.9 Å². The summed E-state index contributed by atoms with van der Waals surface area (Å²) in [5, 5.41) is 0. The number of aryl methyl sites for hydroxylation is 1. The molecule has 1 aliphatic rings. The van der Waals surface area contributed by atoms with Crippen molar-refractivity contribution in [1.82, 2.24) is 0 Å². The van der Waals surface area contributed by atoms with Crippen molar-refractivity contribution >= 4 is 33.4 Å². The molecule has 0 saturated carbocycles. The lowest BCUT2D eigenvalue weighted by Crippen LogP contribution is -2.02. The lowest BCUT2D eigenvalue weighted by atomic mass is 10.0. The van der Waals surface area contributed by atoms with E-state index in [1.807, 2.05) is 19.1 Å². The van der Waals surface area contributed by atoms with E-state index in [1.165, 1.54) is 6.08 Å². The van der Waals surface area contributed by atoms with Gasteiger partial charge in [-0.15, -0.1) is 0 Å². The van der Waals surface area contributed by atoms with Crippen LogP contribution in [-0.4, -0.2) is 11.9 Å². The molecule has 3 nitrogen and oxygen atoms in total. The molecule has 1 aromatic carbocycles. The van der Waals surface area contributed by atoms with E-state index in [-0.39, 0.29) is 0 Å². The number of hydrogen-bond acceptors (Lipinski definition) is 3. The zero-order chi connectivity index (χ0) is 11.0. The highest BCUT2D eigenvalue weighted by molar-refractivity contribution is 9.10. The predicted molar refractivity (Wildman–Crippen MR) is 58.0 cm³/mol. The minimum absolute atomic E-state index is 0.301. The molecule has 0 aliphatic carbocycles. The molecule has 2 rings (SSSR count). The van der Waals surface area contributed by atoms with Crippen molar-refractivity contribution in [2.45, 2.75) is 6.92 Å². The van der Waals surface area contributed by atoms with Crippen LogP contribution in [0.1, 0.15) is 11.1 Å². The van der Waals surface area contributed by atoms with E-state index in [0.717, 1.165) is 10.0 Å². The summed E-state index contributed by atoms with van der Waals surface area (Å²) in [6.45, 7) is 1.91. The Morgan fingerprint density at radius 3 is 2.60 bits per heavy atom. The summed E-state index contributed by atoms with van der Waals surface area (Å²) in [6, 6.07) is 5.51. The number of hydrogen-bond donors (Lipinski definition) is 0. The Bertz CT molecular complexity index is 489. The van der Waals surface area contributed by atoms with Crippen molar-refractivity contribution in [3.8, 4) is 0 Å². The Labute approximate surface area is 94.9 Å². The smallest absolute Gasteiger partial charge is 0.346 e. The number of carbonyl (C=O) groups is 2. The van der Waals surface area contributed by atoms with E-state index in [9.17, 15) is 9.59 Å². The van der Waals surface area contributed by atoms with Crippen LogP contribution in [0.3, 0.4) is 0 Å². The van der Waals surface area contributed by atoms with Crippen molar-refractivity contribution in [3.63, 3.8) is 0 Å². The minimum atomic E-state index is -0.608. The fourth-order valence-electron chi connectivity index (χ4n) is 1.40. The second-order valence-electron chi connectivity index (χ2n) is 3.20. The molecule has 0 N–H and O–H groups in total. The summed E-state index contributed by atoms with van der Waals surface area (Å²) in [6.07, 6.45) is 1.21. The fourth-order valence-corrected chi connectivity index (χ4v) is 1.87. The third kappa shape index (κ3) is 1.72. The number of carbonyl (C=O) groups excluding carboxylic acids is 2. The number of ether oxygens (including phenoxy) is 1. The fraction of sp³-hybridized carbons (Fsp3) is 0.0909.